The number of rotatable bonds is 5. The van der Waals surface area contributed by atoms with Crippen LogP contribution in [0.5, 0.6) is 0 Å². The Kier molecular flexibility index (Phi) is 8.11. The van der Waals surface area contributed by atoms with Gasteiger partial charge in [-0.1, -0.05) is 35.3 Å². The molecular weight excluding hydrogens is 457 g/mol. The maximum absolute atomic E-state index is 12.6. The van der Waals surface area contributed by atoms with Crippen LogP contribution in [0.15, 0.2) is 42.5 Å². The van der Waals surface area contributed by atoms with Gasteiger partial charge in [-0.3, -0.25) is 9.80 Å². The minimum absolute atomic E-state index is 0.0979. The average molecular weight is 486 g/mol. The molecule has 0 bridgehead atoms. The van der Waals surface area contributed by atoms with E-state index in [-0.39, 0.29) is 6.03 Å². The van der Waals surface area contributed by atoms with Gasteiger partial charge in [-0.05, 0) is 61.2 Å². The van der Waals surface area contributed by atoms with Crippen molar-refractivity contribution in [1.82, 2.24) is 14.7 Å². The summed E-state index contributed by atoms with van der Waals surface area (Å²) in [5, 5.41) is 12.8. The zero-order valence-electron chi connectivity index (χ0n) is 18.6. The molecule has 0 aromatic heterocycles. The number of hydrogen-bond acceptors (Lipinski definition) is 4. The fraction of sp³-hybridized carbons (Fsp3) is 0.440. The molecule has 0 saturated carbocycles. The molecule has 2 aliphatic rings. The Morgan fingerprint density at radius 3 is 2.45 bits per heavy atom. The van der Waals surface area contributed by atoms with Crippen LogP contribution in [0.1, 0.15) is 24.0 Å². The van der Waals surface area contributed by atoms with Gasteiger partial charge < -0.3 is 10.2 Å². The predicted molar refractivity (Wildman–Crippen MR) is 133 cm³/mol. The third-order valence-corrected chi connectivity index (χ3v) is 7.18. The molecule has 4 rings (SSSR count). The number of piperidine rings is 1. The van der Waals surface area contributed by atoms with E-state index in [1.807, 2.05) is 17.0 Å². The van der Waals surface area contributed by atoms with Gasteiger partial charge >= 0.3 is 6.03 Å². The lowest BCUT2D eigenvalue weighted by atomic mass is 9.96. The number of anilines is 1. The molecule has 2 aliphatic heterocycles. The molecule has 0 aliphatic carbocycles. The molecule has 33 heavy (non-hydrogen) atoms. The highest BCUT2D eigenvalue weighted by Crippen LogP contribution is 2.25. The molecule has 8 heteroatoms. The van der Waals surface area contributed by atoms with Gasteiger partial charge in [0.15, 0.2) is 0 Å². The molecule has 2 amide bonds. The number of nitrogens with one attached hydrogen (secondary N) is 1. The summed E-state index contributed by atoms with van der Waals surface area (Å²) in [7, 11) is 0. The van der Waals surface area contributed by atoms with E-state index in [2.05, 4.69) is 33.3 Å². The Bertz CT molecular complexity index is 999. The summed E-state index contributed by atoms with van der Waals surface area (Å²) >= 11 is 12.0. The van der Waals surface area contributed by atoms with E-state index in [0.717, 1.165) is 52.4 Å². The van der Waals surface area contributed by atoms with Crippen LogP contribution in [-0.2, 0) is 6.54 Å². The number of urea groups is 1. The number of carbonyl (C=O) groups is 1. The smallest absolute Gasteiger partial charge is 0.321 e. The summed E-state index contributed by atoms with van der Waals surface area (Å²) in [6.45, 7) is 7.44. The van der Waals surface area contributed by atoms with Crippen LogP contribution in [0.25, 0.3) is 0 Å². The first kappa shape index (κ1) is 23.8. The quantitative estimate of drug-likeness (QED) is 0.652. The molecule has 1 N–H and O–H groups in total. The van der Waals surface area contributed by atoms with Crippen molar-refractivity contribution < 1.29 is 4.79 Å². The number of amides is 2. The van der Waals surface area contributed by atoms with Crippen LogP contribution in [0, 0.1) is 17.2 Å². The van der Waals surface area contributed by atoms with E-state index in [0.29, 0.717) is 27.2 Å². The van der Waals surface area contributed by atoms with Gasteiger partial charge in [-0.2, -0.15) is 5.26 Å². The van der Waals surface area contributed by atoms with Crippen LogP contribution in [0.2, 0.25) is 10.0 Å². The first-order chi connectivity index (χ1) is 16.0. The van der Waals surface area contributed by atoms with E-state index in [1.165, 1.54) is 18.4 Å². The lowest BCUT2D eigenvalue weighted by Crippen LogP contribution is -2.52. The van der Waals surface area contributed by atoms with Crippen molar-refractivity contribution in [2.24, 2.45) is 5.92 Å². The predicted octanol–water partition coefficient (Wildman–Crippen LogP) is 4.93. The fourth-order valence-corrected chi connectivity index (χ4v) is 4.96. The van der Waals surface area contributed by atoms with Gasteiger partial charge in [-0.25, -0.2) is 4.79 Å². The molecule has 0 spiro atoms. The number of hydrogen-bond donors (Lipinski definition) is 1. The second-order valence-electron chi connectivity index (χ2n) is 8.90. The van der Waals surface area contributed by atoms with Crippen LogP contribution in [0.4, 0.5) is 10.5 Å². The van der Waals surface area contributed by atoms with E-state index in [1.54, 1.807) is 18.2 Å². The van der Waals surface area contributed by atoms with Crippen LogP contribution in [-0.4, -0.2) is 66.5 Å². The van der Waals surface area contributed by atoms with Crippen molar-refractivity contribution in [3.05, 3.63) is 63.6 Å². The molecule has 6 nitrogen and oxygen atoms in total. The minimum Gasteiger partial charge on any atom is -0.322 e. The Balaban J connectivity index is 1.21. The summed E-state index contributed by atoms with van der Waals surface area (Å²) in [5.74, 6) is 0.647. The average Bonchev–Trinajstić information content (AvgIpc) is 2.83. The topological polar surface area (TPSA) is 62.6 Å². The maximum Gasteiger partial charge on any atom is 0.321 e. The first-order valence-corrected chi connectivity index (χ1v) is 12.2. The van der Waals surface area contributed by atoms with E-state index in [9.17, 15) is 4.79 Å². The highest BCUT2D eigenvalue weighted by atomic mass is 35.5. The SMILES string of the molecule is N#Cc1ccc(CN2CCCC(CN3CCN(C(=O)Nc4ccc(Cl)c(Cl)c4)CC3)C2)cc1. The number of piperazine rings is 1. The zero-order chi connectivity index (χ0) is 23.2. The van der Waals surface area contributed by atoms with Gasteiger partial charge in [0.25, 0.3) is 0 Å². The van der Waals surface area contributed by atoms with Crippen LogP contribution >= 0.6 is 23.2 Å². The molecule has 2 aromatic rings. The Morgan fingerprint density at radius 1 is 1.00 bits per heavy atom. The summed E-state index contributed by atoms with van der Waals surface area (Å²) in [5.41, 5.74) is 2.62. The second-order valence-corrected chi connectivity index (χ2v) is 9.71. The van der Waals surface area contributed by atoms with Gasteiger partial charge in [0.2, 0.25) is 0 Å². The van der Waals surface area contributed by atoms with Gasteiger partial charge in [-0.15, -0.1) is 0 Å². The zero-order valence-corrected chi connectivity index (χ0v) is 20.2. The van der Waals surface area contributed by atoms with E-state index in [4.69, 9.17) is 28.5 Å². The van der Waals surface area contributed by atoms with Crippen molar-refractivity contribution in [1.29, 1.82) is 5.26 Å². The maximum atomic E-state index is 12.6. The molecule has 0 radical (unpaired) electrons. The van der Waals surface area contributed by atoms with E-state index >= 15 is 0 Å². The van der Waals surface area contributed by atoms with Crippen LogP contribution < -0.4 is 5.32 Å². The highest BCUT2D eigenvalue weighted by molar-refractivity contribution is 6.42. The van der Waals surface area contributed by atoms with Gasteiger partial charge in [0.05, 0.1) is 21.7 Å². The summed E-state index contributed by atoms with van der Waals surface area (Å²) in [6.07, 6.45) is 2.47. The number of nitriles is 1. The molecule has 1 unspecified atom stereocenters. The van der Waals surface area contributed by atoms with Crippen molar-refractivity contribution in [2.75, 3.05) is 51.1 Å². The number of halogens is 2. The summed E-state index contributed by atoms with van der Waals surface area (Å²) < 4.78 is 0. The third-order valence-electron chi connectivity index (χ3n) is 6.44. The first-order valence-electron chi connectivity index (χ1n) is 11.4. The molecule has 2 fully saturated rings. The largest absolute Gasteiger partial charge is 0.322 e. The molecule has 2 heterocycles. The molecule has 2 saturated heterocycles. The molecular formula is C25H29Cl2N5O. The standard InChI is InChI=1S/C25H29Cl2N5O/c26-23-8-7-22(14-24(23)27)29-25(33)32-12-10-30(11-13-32)17-21-2-1-9-31(18-21)16-20-5-3-19(15-28)4-6-20/h3-8,14,21H,1-2,9-13,16-18H2,(H,29,33). The normalized spacial score (nSPS) is 19.8. The fourth-order valence-electron chi connectivity index (χ4n) is 4.66. The van der Waals surface area contributed by atoms with Crippen molar-refractivity contribution in [2.45, 2.75) is 19.4 Å². The van der Waals surface area contributed by atoms with Gasteiger partial charge in [0.1, 0.15) is 0 Å². The summed E-state index contributed by atoms with van der Waals surface area (Å²) in [4.78, 5) is 19.5. The lowest BCUT2D eigenvalue weighted by Gasteiger charge is -2.39. The number of nitrogens with zero attached hydrogens (tertiary/aromatic N) is 4. The second kappa shape index (κ2) is 11.2. The van der Waals surface area contributed by atoms with Crippen LogP contribution in [0.3, 0.4) is 0 Å². The Hall–Kier alpha value is -2.30. The monoisotopic (exact) mass is 485 g/mol. The van der Waals surface area contributed by atoms with E-state index < -0.39 is 0 Å². The lowest BCUT2D eigenvalue weighted by molar-refractivity contribution is 0.0984. The number of likely N-dealkylation sites (tertiary alicyclic amines) is 1. The molecule has 174 valence electrons. The molecule has 2 aromatic carbocycles. The number of benzene rings is 2. The van der Waals surface area contributed by atoms with Gasteiger partial charge in [0, 0.05) is 51.5 Å². The van der Waals surface area contributed by atoms with Crippen molar-refractivity contribution >= 4 is 34.9 Å². The number of carbonyl (C=O) groups excluding carboxylic acids is 1. The van der Waals surface area contributed by atoms with Crippen molar-refractivity contribution in [3.63, 3.8) is 0 Å². The Labute approximate surface area is 205 Å². The Morgan fingerprint density at radius 2 is 1.76 bits per heavy atom. The highest BCUT2D eigenvalue weighted by Gasteiger charge is 2.26. The molecule has 1 atom stereocenters. The summed E-state index contributed by atoms with van der Waals surface area (Å²) in [6, 6.07) is 15.1. The minimum atomic E-state index is -0.0979. The third kappa shape index (κ3) is 6.61. The van der Waals surface area contributed by atoms with Crippen molar-refractivity contribution in [3.8, 4) is 6.07 Å².